The van der Waals surface area contributed by atoms with Crippen molar-refractivity contribution >= 4 is 39.6 Å². The van der Waals surface area contributed by atoms with Gasteiger partial charge in [-0.3, -0.25) is 4.40 Å². The molecule has 0 bridgehead atoms. The molecule has 0 aliphatic heterocycles. The van der Waals surface area contributed by atoms with Gasteiger partial charge in [-0.1, -0.05) is 17.7 Å². The Morgan fingerprint density at radius 1 is 1.50 bits per heavy atom. The fourth-order valence-corrected chi connectivity index (χ4v) is 2.69. The predicted octanol–water partition coefficient (Wildman–Crippen LogP) is 2.99. The first-order valence-electron chi connectivity index (χ1n) is 5.77. The van der Waals surface area contributed by atoms with E-state index in [1.807, 2.05) is 22.2 Å². The van der Waals surface area contributed by atoms with Gasteiger partial charge in [0.25, 0.3) is 0 Å². The monoisotopic (exact) mass is 307 g/mol. The lowest BCUT2D eigenvalue weighted by Crippen LogP contribution is -2.07. The number of rotatable bonds is 3. The summed E-state index contributed by atoms with van der Waals surface area (Å²) < 4.78 is 7.08. The van der Waals surface area contributed by atoms with E-state index in [9.17, 15) is 4.79 Å². The van der Waals surface area contributed by atoms with Crippen LogP contribution in [0, 0.1) is 0 Å². The minimum atomic E-state index is -0.515. The van der Waals surface area contributed by atoms with Crippen LogP contribution in [0.15, 0.2) is 36.0 Å². The van der Waals surface area contributed by atoms with E-state index in [2.05, 4.69) is 4.98 Å². The average Bonchev–Trinajstić information content (AvgIpc) is 3.00. The number of fused-ring (bicyclic) bond motifs is 1. The van der Waals surface area contributed by atoms with E-state index in [4.69, 9.17) is 22.1 Å². The molecule has 3 rings (SSSR count). The SMILES string of the molecule is Nc1cccc(C(=O)OCc2cn3ccsc3n2)c1Cl. The van der Waals surface area contributed by atoms with Crippen LogP contribution < -0.4 is 5.73 Å². The van der Waals surface area contributed by atoms with Crippen molar-refractivity contribution in [1.82, 2.24) is 9.38 Å². The molecule has 7 heteroatoms. The Kier molecular flexibility index (Phi) is 3.33. The second kappa shape index (κ2) is 5.15. The van der Waals surface area contributed by atoms with Gasteiger partial charge in [-0.15, -0.1) is 11.3 Å². The zero-order valence-corrected chi connectivity index (χ0v) is 11.8. The number of carbonyl (C=O) groups excluding carboxylic acids is 1. The summed E-state index contributed by atoms with van der Waals surface area (Å²) in [5.74, 6) is -0.515. The lowest BCUT2D eigenvalue weighted by atomic mass is 10.2. The van der Waals surface area contributed by atoms with Gasteiger partial charge in [-0.2, -0.15) is 0 Å². The molecule has 2 N–H and O–H groups in total. The standard InChI is InChI=1S/C13H10ClN3O2S/c14-11-9(2-1-3-10(11)15)12(18)19-7-8-6-17-4-5-20-13(17)16-8/h1-6H,7,15H2. The summed E-state index contributed by atoms with van der Waals surface area (Å²) in [5.41, 5.74) is 6.94. The molecular formula is C13H10ClN3O2S. The number of imidazole rings is 1. The summed E-state index contributed by atoms with van der Waals surface area (Å²) in [6.07, 6.45) is 3.72. The molecule has 0 saturated heterocycles. The number of halogens is 1. The molecule has 20 heavy (non-hydrogen) atoms. The van der Waals surface area contributed by atoms with Gasteiger partial charge in [-0.25, -0.2) is 9.78 Å². The Bertz CT molecular complexity index is 752. The number of nitrogen functional groups attached to an aromatic ring is 1. The molecule has 0 fully saturated rings. The number of carbonyl (C=O) groups is 1. The van der Waals surface area contributed by atoms with E-state index in [1.165, 1.54) is 11.3 Å². The maximum Gasteiger partial charge on any atom is 0.340 e. The van der Waals surface area contributed by atoms with E-state index in [0.717, 1.165) is 4.96 Å². The van der Waals surface area contributed by atoms with Crippen molar-refractivity contribution in [3.8, 4) is 0 Å². The Balaban J connectivity index is 1.73. The summed E-state index contributed by atoms with van der Waals surface area (Å²) in [6, 6.07) is 4.86. The lowest BCUT2D eigenvalue weighted by molar-refractivity contribution is 0.0468. The fraction of sp³-hybridized carbons (Fsp3) is 0.0769. The van der Waals surface area contributed by atoms with E-state index in [-0.39, 0.29) is 17.2 Å². The van der Waals surface area contributed by atoms with E-state index in [1.54, 1.807) is 18.2 Å². The number of hydrogen-bond donors (Lipinski definition) is 1. The van der Waals surface area contributed by atoms with Gasteiger partial charge < -0.3 is 10.5 Å². The van der Waals surface area contributed by atoms with Crippen molar-refractivity contribution in [2.75, 3.05) is 5.73 Å². The van der Waals surface area contributed by atoms with Crippen molar-refractivity contribution in [3.63, 3.8) is 0 Å². The van der Waals surface area contributed by atoms with Gasteiger partial charge in [-0.05, 0) is 12.1 Å². The van der Waals surface area contributed by atoms with E-state index in [0.29, 0.717) is 11.4 Å². The molecule has 2 heterocycles. The molecule has 1 aromatic carbocycles. The van der Waals surface area contributed by atoms with Crippen LogP contribution >= 0.6 is 22.9 Å². The molecule has 0 aliphatic carbocycles. The number of benzene rings is 1. The van der Waals surface area contributed by atoms with Crippen LogP contribution in [0.3, 0.4) is 0 Å². The van der Waals surface area contributed by atoms with Crippen LogP contribution in [0.25, 0.3) is 4.96 Å². The van der Waals surface area contributed by atoms with Crippen molar-refractivity contribution in [1.29, 1.82) is 0 Å². The maximum atomic E-state index is 12.0. The maximum absolute atomic E-state index is 12.0. The van der Waals surface area contributed by atoms with Crippen LogP contribution in [-0.4, -0.2) is 15.4 Å². The fourth-order valence-electron chi connectivity index (χ4n) is 1.77. The highest BCUT2D eigenvalue weighted by Crippen LogP contribution is 2.24. The van der Waals surface area contributed by atoms with Crippen molar-refractivity contribution in [2.24, 2.45) is 0 Å². The van der Waals surface area contributed by atoms with Crippen LogP contribution in [0.1, 0.15) is 16.1 Å². The molecule has 5 nitrogen and oxygen atoms in total. The molecule has 0 spiro atoms. The third-order valence-corrected chi connectivity index (χ3v) is 3.94. The van der Waals surface area contributed by atoms with Crippen molar-refractivity contribution in [3.05, 3.63) is 52.3 Å². The highest BCUT2D eigenvalue weighted by Gasteiger charge is 2.14. The Morgan fingerprint density at radius 2 is 2.35 bits per heavy atom. The number of ether oxygens (including phenoxy) is 1. The average molecular weight is 308 g/mol. The molecule has 0 amide bonds. The summed E-state index contributed by atoms with van der Waals surface area (Å²) in [4.78, 5) is 17.1. The highest BCUT2D eigenvalue weighted by atomic mass is 35.5. The van der Waals surface area contributed by atoms with Crippen LogP contribution in [0.2, 0.25) is 5.02 Å². The van der Waals surface area contributed by atoms with Gasteiger partial charge >= 0.3 is 5.97 Å². The molecule has 0 atom stereocenters. The number of hydrogen-bond acceptors (Lipinski definition) is 5. The molecule has 0 saturated carbocycles. The summed E-state index contributed by atoms with van der Waals surface area (Å²) in [5, 5.41) is 2.15. The number of nitrogens with two attached hydrogens (primary N) is 1. The van der Waals surface area contributed by atoms with Gasteiger partial charge in [0.15, 0.2) is 4.96 Å². The Hall–Kier alpha value is -2.05. The molecule has 0 aliphatic rings. The third kappa shape index (κ3) is 2.35. The summed E-state index contributed by atoms with van der Waals surface area (Å²) in [6.45, 7) is 0.0956. The minimum Gasteiger partial charge on any atom is -0.455 e. The van der Waals surface area contributed by atoms with Crippen molar-refractivity contribution < 1.29 is 9.53 Å². The smallest absolute Gasteiger partial charge is 0.340 e. The van der Waals surface area contributed by atoms with Crippen LogP contribution in [0.5, 0.6) is 0 Å². The van der Waals surface area contributed by atoms with E-state index < -0.39 is 5.97 Å². The first kappa shape index (κ1) is 13.0. The second-order valence-electron chi connectivity index (χ2n) is 4.11. The lowest BCUT2D eigenvalue weighted by Gasteiger charge is -2.06. The largest absolute Gasteiger partial charge is 0.455 e. The zero-order chi connectivity index (χ0) is 14.1. The number of esters is 1. The number of anilines is 1. The molecule has 2 aromatic heterocycles. The second-order valence-corrected chi connectivity index (χ2v) is 5.36. The molecule has 3 aromatic rings. The molecule has 102 valence electrons. The van der Waals surface area contributed by atoms with Crippen LogP contribution in [0.4, 0.5) is 5.69 Å². The summed E-state index contributed by atoms with van der Waals surface area (Å²) >= 11 is 7.49. The first-order valence-corrected chi connectivity index (χ1v) is 7.03. The highest BCUT2D eigenvalue weighted by molar-refractivity contribution is 7.15. The van der Waals surface area contributed by atoms with Gasteiger partial charge in [0.05, 0.1) is 22.0 Å². The predicted molar refractivity (Wildman–Crippen MR) is 78.1 cm³/mol. The normalized spacial score (nSPS) is 10.8. The molecule has 0 radical (unpaired) electrons. The number of nitrogens with zero attached hydrogens (tertiary/aromatic N) is 2. The number of thiazole rings is 1. The Labute approximate surface area is 123 Å². The zero-order valence-electron chi connectivity index (χ0n) is 10.2. The third-order valence-electron chi connectivity index (χ3n) is 2.74. The quantitative estimate of drug-likeness (QED) is 0.596. The van der Waals surface area contributed by atoms with E-state index >= 15 is 0 Å². The van der Waals surface area contributed by atoms with Gasteiger partial charge in [0.2, 0.25) is 0 Å². The minimum absolute atomic E-state index is 0.0956. The molecular weight excluding hydrogens is 298 g/mol. The number of aromatic nitrogens is 2. The summed E-state index contributed by atoms with van der Waals surface area (Å²) in [7, 11) is 0. The Morgan fingerprint density at radius 3 is 3.15 bits per heavy atom. The van der Waals surface area contributed by atoms with Gasteiger partial charge in [0.1, 0.15) is 6.61 Å². The molecule has 0 unspecified atom stereocenters. The van der Waals surface area contributed by atoms with Crippen molar-refractivity contribution in [2.45, 2.75) is 6.61 Å². The topological polar surface area (TPSA) is 69.6 Å². The van der Waals surface area contributed by atoms with Crippen LogP contribution in [-0.2, 0) is 11.3 Å². The van der Waals surface area contributed by atoms with Gasteiger partial charge in [0, 0.05) is 17.8 Å². The first-order chi connectivity index (χ1) is 9.65.